The van der Waals surface area contributed by atoms with Crippen molar-refractivity contribution >= 4 is 17.4 Å². The minimum Gasteiger partial charge on any atom is -0.486 e. The molecule has 0 fully saturated rings. The quantitative estimate of drug-likeness (QED) is 0.336. The van der Waals surface area contributed by atoms with Crippen LogP contribution in [0.3, 0.4) is 0 Å². The molecule has 0 N–H and O–H groups in total. The van der Waals surface area contributed by atoms with Gasteiger partial charge in [0.15, 0.2) is 11.0 Å². The molecule has 0 atom stereocenters. The van der Waals surface area contributed by atoms with Crippen LogP contribution in [0, 0.1) is 12.8 Å². The van der Waals surface area contributed by atoms with Gasteiger partial charge < -0.3 is 9.30 Å². The highest BCUT2D eigenvalue weighted by atomic mass is 32.2. The molecule has 0 aliphatic carbocycles. The lowest BCUT2D eigenvalue weighted by Gasteiger charge is -2.13. The number of ether oxygens (including phenoxy) is 1. The summed E-state index contributed by atoms with van der Waals surface area (Å²) in [4.78, 5) is 17.1. The first kappa shape index (κ1) is 23.0. The zero-order valence-electron chi connectivity index (χ0n) is 19.5. The highest BCUT2D eigenvalue weighted by Crippen LogP contribution is 2.23. The van der Waals surface area contributed by atoms with Crippen molar-refractivity contribution in [2.24, 2.45) is 5.92 Å². The highest BCUT2D eigenvalue weighted by Gasteiger charge is 2.15. The van der Waals surface area contributed by atoms with Gasteiger partial charge in [-0.1, -0.05) is 44.7 Å². The second-order valence-corrected chi connectivity index (χ2v) is 9.44. The monoisotopic (exact) mass is 463 g/mol. The largest absolute Gasteiger partial charge is 0.486 e. The molecule has 0 unspecified atom stereocenters. The van der Waals surface area contributed by atoms with E-state index < -0.39 is 0 Å². The van der Waals surface area contributed by atoms with Crippen LogP contribution in [0.15, 0.2) is 58.6 Å². The fraction of sp³-hybridized carbons (Fsp3) is 0.360. The molecule has 0 radical (unpaired) electrons. The van der Waals surface area contributed by atoms with Gasteiger partial charge >= 0.3 is 0 Å². The molecule has 172 valence electrons. The first-order valence-electron chi connectivity index (χ1n) is 11.2. The molecule has 0 aliphatic rings. The standard InChI is InChI=1S/C25H29N5O2S/c1-5-19-6-8-21(9-7-19)32-15-23-27-28-25(30(23)14-17(2)3)33-16-20-13-24(31)29-11-10-18(4)12-22(29)26-20/h6-13,17H,5,14-16H2,1-4H3. The minimum absolute atomic E-state index is 0.0811. The van der Waals surface area contributed by atoms with Crippen molar-refractivity contribution in [2.75, 3.05) is 0 Å². The Morgan fingerprint density at radius 2 is 1.88 bits per heavy atom. The maximum absolute atomic E-state index is 12.5. The molecule has 3 heterocycles. The van der Waals surface area contributed by atoms with Crippen molar-refractivity contribution in [1.29, 1.82) is 0 Å². The average Bonchev–Trinajstić information content (AvgIpc) is 3.17. The molecule has 33 heavy (non-hydrogen) atoms. The van der Waals surface area contributed by atoms with Crippen LogP contribution in [0.4, 0.5) is 0 Å². The molecular weight excluding hydrogens is 434 g/mol. The van der Waals surface area contributed by atoms with Gasteiger partial charge in [0, 0.05) is 24.6 Å². The van der Waals surface area contributed by atoms with E-state index in [1.54, 1.807) is 16.7 Å². The Morgan fingerprint density at radius 1 is 1.09 bits per heavy atom. The molecule has 0 saturated carbocycles. The first-order valence-corrected chi connectivity index (χ1v) is 12.2. The van der Waals surface area contributed by atoms with E-state index in [0.29, 0.717) is 23.9 Å². The van der Waals surface area contributed by atoms with Crippen LogP contribution in [0.5, 0.6) is 5.75 Å². The molecule has 0 bridgehead atoms. The van der Waals surface area contributed by atoms with E-state index in [4.69, 9.17) is 4.74 Å². The lowest BCUT2D eigenvalue weighted by atomic mass is 10.2. The van der Waals surface area contributed by atoms with Gasteiger partial charge in [0.2, 0.25) is 0 Å². The third-order valence-electron chi connectivity index (χ3n) is 5.27. The molecule has 0 aliphatic heterocycles. The number of pyridine rings is 1. The van der Waals surface area contributed by atoms with Crippen LogP contribution in [0.2, 0.25) is 0 Å². The van der Waals surface area contributed by atoms with Crippen molar-refractivity contribution in [3.63, 3.8) is 0 Å². The predicted molar refractivity (Wildman–Crippen MR) is 131 cm³/mol. The number of hydrogen-bond acceptors (Lipinski definition) is 6. The number of rotatable bonds is 9. The number of hydrogen-bond donors (Lipinski definition) is 0. The molecule has 0 spiro atoms. The molecule has 7 nitrogen and oxygen atoms in total. The maximum Gasteiger partial charge on any atom is 0.258 e. The van der Waals surface area contributed by atoms with Gasteiger partial charge in [-0.3, -0.25) is 9.20 Å². The predicted octanol–water partition coefficient (Wildman–Crippen LogP) is 4.68. The number of benzene rings is 1. The van der Waals surface area contributed by atoms with Gasteiger partial charge in [-0.25, -0.2) is 4.98 Å². The summed E-state index contributed by atoms with van der Waals surface area (Å²) < 4.78 is 9.64. The van der Waals surface area contributed by atoms with Crippen molar-refractivity contribution < 1.29 is 4.74 Å². The van der Waals surface area contributed by atoms with Crippen LogP contribution < -0.4 is 10.3 Å². The highest BCUT2D eigenvalue weighted by molar-refractivity contribution is 7.98. The normalized spacial score (nSPS) is 11.4. The SMILES string of the molecule is CCc1ccc(OCc2nnc(SCc3cc(=O)n4ccc(C)cc4n3)n2CC(C)C)cc1. The van der Waals surface area contributed by atoms with Gasteiger partial charge in [0.1, 0.15) is 18.0 Å². The zero-order valence-corrected chi connectivity index (χ0v) is 20.3. The molecule has 4 rings (SSSR count). The number of nitrogens with zero attached hydrogens (tertiary/aromatic N) is 5. The minimum atomic E-state index is -0.0811. The Balaban J connectivity index is 1.50. The molecule has 0 saturated heterocycles. The number of thioether (sulfide) groups is 1. The summed E-state index contributed by atoms with van der Waals surface area (Å²) >= 11 is 1.53. The lowest BCUT2D eigenvalue weighted by Crippen LogP contribution is -2.15. The maximum atomic E-state index is 12.5. The summed E-state index contributed by atoms with van der Waals surface area (Å²) in [6, 6.07) is 13.5. The van der Waals surface area contributed by atoms with E-state index in [9.17, 15) is 4.79 Å². The third kappa shape index (κ3) is 5.63. The van der Waals surface area contributed by atoms with Gasteiger partial charge in [-0.2, -0.15) is 0 Å². The second-order valence-electron chi connectivity index (χ2n) is 8.50. The summed E-state index contributed by atoms with van der Waals surface area (Å²) in [6.07, 6.45) is 2.76. The van der Waals surface area contributed by atoms with Gasteiger partial charge in [-0.15, -0.1) is 10.2 Å². The van der Waals surface area contributed by atoms with Crippen molar-refractivity contribution in [3.05, 3.63) is 81.7 Å². The van der Waals surface area contributed by atoms with Gasteiger partial charge in [-0.05, 0) is 54.7 Å². The Labute approximate surface area is 197 Å². The van der Waals surface area contributed by atoms with Crippen LogP contribution in [0.25, 0.3) is 5.65 Å². The van der Waals surface area contributed by atoms with E-state index >= 15 is 0 Å². The second kappa shape index (κ2) is 10.2. The number of fused-ring (bicyclic) bond motifs is 1. The van der Waals surface area contributed by atoms with Crippen LogP contribution in [-0.2, 0) is 25.3 Å². The van der Waals surface area contributed by atoms with Crippen molar-refractivity contribution in [2.45, 2.75) is 58.2 Å². The van der Waals surface area contributed by atoms with Crippen molar-refractivity contribution in [1.82, 2.24) is 24.1 Å². The molecule has 8 heteroatoms. The fourth-order valence-corrected chi connectivity index (χ4v) is 4.38. The summed E-state index contributed by atoms with van der Waals surface area (Å²) in [5.41, 5.74) is 3.65. The van der Waals surface area contributed by atoms with E-state index in [1.807, 2.05) is 31.2 Å². The topological polar surface area (TPSA) is 74.3 Å². The van der Waals surface area contributed by atoms with Crippen LogP contribution in [-0.4, -0.2) is 24.1 Å². The zero-order chi connectivity index (χ0) is 23.4. The molecule has 0 amide bonds. The summed E-state index contributed by atoms with van der Waals surface area (Å²) in [5.74, 6) is 2.56. The van der Waals surface area contributed by atoms with Crippen LogP contribution in [0.1, 0.15) is 43.4 Å². The number of aryl methyl sites for hydroxylation is 2. The molecule has 3 aromatic heterocycles. The number of aromatic nitrogens is 5. The van der Waals surface area contributed by atoms with Crippen LogP contribution >= 0.6 is 11.8 Å². The first-order chi connectivity index (χ1) is 15.9. The summed E-state index contributed by atoms with van der Waals surface area (Å²) in [5, 5.41) is 9.60. The Hall–Kier alpha value is -3.13. The van der Waals surface area contributed by atoms with E-state index in [0.717, 1.165) is 41.0 Å². The summed E-state index contributed by atoms with van der Waals surface area (Å²) in [6.45, 7) is 9.59. The van der Waals surface area contributed by atoms with Crippen molar-refractivity contribution in [3.8, 4) is 5.75 Å². The lowest BCUT2D eigenvalue weighted by molar-refractivity contribution is 0.284. The molecular formula is C25H29N5O2S. The smallest absolute Gasteiger partial charge is 0.258 e. The van der Waals surface area contributed by atoms with E-state index in [2.05, 4.69) is 52.7 Å². The van der Waals surface area contributed by atoms with E-state index in [-0.39, 0.29) is 5.56 Å². The van der Waals surface area contributed by atoms with Gasteiger partial charge in [0.05, 0.1) is 5.69 Å². The summed E-state index contributed by atoms with van der Waals surface area (Å²) in [7, 11) is 0. The average molecular weight is 464 g/mol. The van der Waals surface area contributed by atoms with Gasteiger partial charge in [0.25, 0.3) is 5.56 Å². The molecule has 1 aromatic carbocycles. The Kier molecular flexibility index (Phi) is 7.13. The Morgan fingerprint density at radius 3 is 2.61 bits per heavy atom. The Bertz CT molecular complexity index is 1290. The van der Waals surface area contributed by atoms with E-state index in [1.165, 1.54) is 17.3 Å². The fourth-order valence-electron chi connectivity index (χ4n) is 3.52. The molecule has 4 aromatic rings. The third-order valence-corrected chi connectivity index (χ3v) is 6.27.